The smallest absolute Gasteiger partial charge is 0.330 e. The summed E-state index contributed by atoms with van der Waals surface area (Å²) in [7, 11) is 0. The van der Waals surface area contributed by atoms with Crippen molar-refractivity contribution in [1.82, 2.24) is 4.98 Å². The van der Waals surface area contributed by atoms with Crippen LogP contribution in [0, 0.1) is 0 Å². The number of nitrogens with zero attached hydrogens (tertiary/aromatic N) is 2. The van der Waals surface area contributed by atoms with Crippen LogP contribution >= 0.6 is 24.2 Å². The summed E-state index contributed by atoms with van der Waals surface area (Å²) < 4.78 is 39.0. The zero-order valence-electron chi connectivity index (χ0n) is 12.9. The van der Waals surface area contributed by atoms with Crippen molar-refractivity contribution >= 4 is 35.8 Å². The Balaban J connectivity index is 0.00000225. The summed E-state index contributed by atoms with van der Waals surface area (Å²) in [6.07, 6.45) is -2.38. The van der Waals surface area contributed by atoms with E-state index >= 15 is 0 Å². The molecule has 4 nitrogen and oxygen atoms in total. The van der Waals surface area contributed by atoms with Crippen molar-refractivity contribution in [2.24, 2.45) is 5.73 Å². The van der Waals surface area contributed by atoms with E-state index in [1.165, 1.54) is 17.2 Å². The van der Waals surface area contributed by atoms with E-state index in [0.717, 1.165) is 23.9 Å². The number of anilines is 1. The third kappa shape index (κ3) is 3.91. The number of rotatable bonds is 3. The number of carbonyl (C=O) groups excluding carboxylic acids is 1. The molecule has 3 rings (SSSR count). The maximum absolute atomic E-state index is 13.0. The molecule has 0 unspecified atom stereocenters. The summed E-state index contributed by atoms with van der Waals surface area (Å²) in [6, 6.07) is 6.66. The molecule has 2 heterocycles. The number of nitrogens with two attached hydrogens (primary N) is 1. The number of hydrogen-bond acceptors (Lipinski definition) is 4. The van der Waals surface area contributed by atoms with E-state index in [1.54, 1.807) is 12.1 Å². The van der Waals surface area contributed by atoms with Gasteiger partial charge in [-0.25, -0.2) is 4.98 Å². The molecular weight excluding hydrogens is 375 g/mol. The Labute approximate surface area is 153 Å². The predicted octanol–water partition coefficient (Wildman–Crippen LogP) is 3.98. The minimum absolute atomic E-state index is 0. The number of amides is 1. The van der Waals surface area contributed by atoms with Gasteiger partial charge in [0.1, 0.15) is 5.03 Å². The van der Waals surface area contributed by atoms with Crippen molar-refractivity contribution < 1.29 is 18.0 Å². The maximum atomic E-state index is 13.0. The van der Waals surface area contributed by atoms with Gasteiger partial charge in [-0.2, -0.15) is 13.2 Å². The number of alkyl halides is 3. The number of fused-ring (bicyclic) bond motifs is 2. The van der Waals surface area contributed by atoms with Crippen LogP contribution in [0.1, 0.15) is 22.3 Å². The molecular formula is C16H15ClF3N3OS. The lowest BCUT2D eigenvalue weighted by Gasteiger charge is -2.23. The first-order valence-electron chi connectivity index (χ1n) is 7.28. The summed E-state index contributed by atoms with van der Waals surface area (Å²) in [5.41, 5.74) is 5.60. The van der Waals surface area contributed by atoms with Crippen LogP contribution in [-0.2, 0) is 6.18 Å². The van der Waals surface area contributed by atoms with Crippen molar-refractivity contribution in [2.45, 2.75) is 22.5 Å². The van der Waals surface area contributed by atoms with Gasteiger partial charge in [0.05, 0.1) is 16.8 Å². The first-order chi connectivity index (χ1) is 11.4. The Morgan fingerprint density at radius 1 is 1.24 bits per heavy atom. The Morgan fingerprint density at radius 2 is 2.00 bits per heavy atom. The lowest BCUT2D eigenvalue weighted by molar-refractivity contribution is -0.137. The summed E-state index contributed by atoms with van der Waals surface area (Å²) in [6.45, 7) is 0.718. The molecule has 0 atom stereocenters. The van der Waals surface area contributed by atoms with Gasteiger partial charge < -0.3 is 10.6 Å². The van der Waals surface area contributed by atoms with Crippen molar-refractivity contribution in [2.75, 3.05) is 18.0 Å². The van der Waals surface area contributed by atoms with Gasteiger partial charge in [-0.3, -0.25) is 4.79 Å². The minimum Gasteiger partial charge on any atom is -0.330 e. The number of halogens is 4. The number of aromatic nitrogens is 1. The lowest BCUT2D eigenvalue weighted by Crippen LogP contribution is -2.33. The van der Waals surface area contributed by atoms with Crippen LogP contribution in [0.15, 0.2) is 46.5 Å². The van der Waals surface area contributed by atoms with E-state index < -0.39 is 11.7 Å². The molecule has 0 aliphatic carbocycles. The summed E-state index contributed by atoms with van der Waals surface area (Å²) in [5, 5.41) is 0.401. The molecule has 0 saturated heterocycles. The van der Waals surface area contributed by atoms with Gasteiger partial charge >= 0.3 is 6.18 Å². The van der Waals surface area contributed by atoms with Gasteiger partial charge in [0, 0.05) is 17.6 Å². The molecule has 0 fully saturated rings. The normalized spacial score (nSPS) is 13.6. The van der Waals surface area contributed by atoms with Crippen LogP contribution in [0.3, 0.4) is 0 Å². The highest BCUT2D eigenvalue weighted by Crippen LogP contribution is 2.43. The van der Waals surface area contributed by atoms with Gasteiger partial charge in [-0.15, -0.1) is 12.4 Å². The molecule has 134 valence electrons. The molecule has 2 N–H and O–H groups in total. The van der Waals surface area contributed by atoms with Crippen LogP contribution in [-0.4, -0.2) is 24.0 Å². The zero-order chi connectivity index (χ0) is 17.3. The van der Waals surface area contributed by atoms with E-state index in [0.29, 0.717) is 40.7 Å². The standard InChI is InChI=1S/C16H14F3N3OS.ClH/c17-16(18,19)10-4-5-12-13(9-10)24-14-11(3-1-7-21-14)15(23)22(12)8-2-6-20;/h1,3-5,7,9H,2,6,8,20H2;1H. The molecule has 0 saturated carbocycles. The van der Waals surface area contributed by atoms with Crippen molar-refractivity contribution in [3.05, 3.63) is 47.7 Å². The fraction of sp³-hybridized carbons (Fsp3) is 0.250. The van der Waals surface area contributed by atoms with Gasteiger partial charge in [-0.05, 0) is 43.3 Å². The summed E-state index contributed by atoms with van der Waals surface area (Å²) >= 11 is 1.07. The molecule has 1 aliphatic heterocycles. The van der Waals surface area contributed by atoms with Gasteiger partial charge in [0.2, 0.25) is 0 Å². The van der Waals surface area contributed by atoms with Gasteiger partial charge in [0.15, 0.2) is 0 Å². The fourth-order valence-electron chi connectivity index (χ4n) is 2.46. The van der Waals surface area contributed by atoms with Crippen LogP contribution < -0.4 is 10.6 Å². The van der Waals surface area contributed by atoms with Gasteiger partial charge in [0.25, 0.3) is 5.91 Å². The maximum Gasteiger partial charge on any atom is 0.416 e. The first-order valence-corrected chi connectivity index (χ1v) is 8.09. The average Bonchev–Trinajstić information content (AvgIpc) is 2.66. The van der Waals surface area contributed by atoms with Crippen LogP contribution in [0.25, 0.3) is 0 Å². The minimum atomic E-state index is -4.44. The monoisotopic (exact) mass is 389 g/mol. The number of pyridine rings is 1. The first kappa shape index (κ1) is 19.6. The lowest BCUT2D eigenvalue weighted by atomic mass is 10.1. The van der Waals surface area contributed by atoms with Crippen LogP contribution in [0.2, 0.25) is 0 Å². The summed E-state index contributed by atoms with van der Waals surface area (Å²) in [5.74, 6) is -0.280. The van der Waals surface area contributed by atoms with E-state index in [2.05, 4.69) is 4.98 Å². The molecule has 0 spiro atoms. The Morgan fingerprint density at radius 3 is 2.68 bits per heavy atom. The van der Waals surface area contributed by atoms with Crippen LogP contribution in [0.4, 0.5) is 18.9 Å². The fourth-order valence-corrected chi connectivity index (χ4v) is 3.52. The van der Waals surface area contributed by atoms with E-state index in [1.807, 2.05) is 0 Å². The SMILES string of the molecule is Cl.NCCCN1C(=O)c2cccnc2Sc2cc(C(F)(F)F)ccc21. The second-order valence-electron chi connectivity index (χ2n) is 5.24. The van der Waals surface area contributed by atoms with E-state index in [4.69, 9.17) is 5.73 Å². The van der Waals surface area contributed by atoms with Crippen molar-refractivity contribution in [1.29, 1.82) is 0 Å². The topological polar surface area (TPSA) is 59.2 Å². The van der Waals surface area contributed by atoms with E-state index in [-0.39, 0.29) is 18.3 Å². The molecule has 0 radical (unpaired) electrons. The van der Waals surface area contributed by atoms with Crippen LogP contribution in [0.5, 0.6) is 0 Å². The predicted molar refractivity (Wildman–Crippen MR) is 92.4 cm³/mol. The van der Waals surface area contributed by atoms with Crippen molar-refractivity contribution in [3.8, 4) is 0 Å². The highest BCUT2D eigenvalue weighted by Gasteiger charge is 2.34. The largest absolute Gasteiger partial charge is 0.416 e. The molecule has 2 aromatic rings. The second kappa shape index (κ2) is 7.63. The molecule has 1 aliphatic rings. The third-order valence-electron chi connectivity index (χ3n) is 3.62. The number of carbonyl (C=O) groups is 1. The van der Waals surface area contributed by atoms with E-state index in [9.17, 15) is 18.0 Å². The Hall–Kier alpha value is -1.77. The molecule has 9 heteroatoms. The zero-order valence-corrected chi connectivity index (χ0v) is 14.5. The number of benzene rings is 1. The molecule has 1 amide bonds. The number of hydrogen-bond donors (Lipinski definition) is 1. The second-order valence-corrected chi connectivity index (χ2v) is 6.27. The Kier molecular flexibility index (Phi) is 5.97. The molecule has 25 heavy (non-hydrogen) atoms. The third-order valence-corrected chi connectivity index (χ3v) is 4.68. The molecule has 1 aromatic heterocycles. The van der Waals surface area contributed by atoms with Crippen molar-refractivity contribution in [3.63, 3.8) is 0 Å². The molecule has 1 aromatic carbocycles. The quantitative estimate of drug-likeness (QED) is 0.862. The summed E-state index contributed by atoms with van der Waals surface area (Å²) in [4.78, 5) is 18.8. The highest BCUT2D eigenvalue weighted by molar-refractivity contribution is 7.99. The average molecular weight is 390 g/mol. The van der Waals surface area contributed by atoms with Gasteiger partial charge in [-0.1, -0.05) is 11.8 Å². The molecule has 0 bridgehead atoms. The Bertz CT molecular complexity index is 785. The highest BCUT2D eigenvalue weighted by atomic mass is 35.5.